The number of amides is 1. The Bertz CT molecular complexity index is 1070. The van der Waals surface area contributed by atoms with Crippen LogP contribution in [0, 0.1) is 24.1 Å². The SMILES string of the molecule is Cc1nc(COc2ccccc2/C=C/C(=O)NC(C#N)c2ccccc2F)cs1. The Balaban J connectivity index is 1.67. The zero-order chi connectivity index (χ0) is 20.6. The standard InChI is InChI=1S/C22H18FN3O2S/c1-15-25-17(14-29-15)13-28-21-9-5-2-6-16(21)10-11-22(27)26-20(12-24)18-7-3-4-8-19(18)23/h2-11,14,20H,13H2,1H3,(H,26,27)/b11-10+. The van der Waals surface area contributed by atoms with Crippen LogP contribution in [0.15, 0.2) is 60.0 Å². The van der Waals surface area contributed by atoms with E-state index in [4.69, 9.17) is 4.74 Å². The van der Waals surface area contributed by atoms with Crippen LogP contribution < -0.4 is 10.1 Å². The van der Waals surface area contributed by atoms with Gasteiger partial charge in [-0.3, -0.25) is 4.79 Å². The molecule has 1 unspecified atom stereocenters. The van der Waals surface area contributed by atoms with Gasteiger partial charge in [-0.05, 0) is 25.1 Å². The number of ether oxygens (including phenoxy) is 1. The summed E-state index contributed by atoms with van der Waals surface area (Å²) in [5.41, 5.74) is 1.67. The highest BCUT2D eigenvalue weighted by Crippen LogP contribution is 2.21. The van der Waals surface area contributed by atoms with Crippen LogP contribution in [0.1, 0.15) is 27.9 Å². The number of thiazole rings is 1. The molecule has 0 fully saturated rings. The Morgan fingerprint density at radius 2 is 2.07 bits per heavy atom. The fraction of sp³-hybridized carbons (Fsp3) is 0.136. The third-order valence-electron chi connectivity index (χ3n) is 4.01. The van der Waals surface area contributed by atoms with Crippen molar-refractivity contribution in [2.75, 3.05) is 0 Å². The highest BCUT2D eigenvalue weighted by molar-refractivity contribution is 7.09. The van der Waals surface area contributed by atoms with Gasteiger partial charge in [0.05, 0.1) is 16.8 Å². The normalized spacial score (nSPS) is 11.8. The molecule has 0 saturated carbocycles. The van der Waals surface area contributed by atoms with E-state index in [2.05, 4.69) is 10.3 Å². The average molecular weight is 407 g/mol. The summed E-state index contributed by atoms with van der Waals surface area (Å²) in [6.45, 7) is 2.25. The lowest BCUT2D eigenvalue weighted by Gasteiger charge is -2.11. The Morgan fingerprint density at radius 3 is 2.79 bits per heavy atom. The van der Waals surface area contributed by atoms with Gasteiger partial charge in [-0.1, -0.05) is 36.4 Å². The molecule has 0 aliphatic carbocycles. The van der Waals surface area contributed by atoms with Gasteiger partial charge in [0.2, 0.25) is 5.91 Å². The van der Waals surface area contributed by atoms with Crippen molar-refractivity contribution in [1.29, 1.82) is 5.26 Å². The van der Waals surface area contributed by atoms with Crippen LogP contribution in [0.25, 0.3) is 6.08 Å². The number of nitrogens with zero attached hydrogens (tertiary/aromatic N) is 2. The number of nitriles is 1. The van der Waals surface area contributed by atoms with E-state index in [1.807, 2.05) is 36.6 Å². The van der Waals surface area contributed by atoms with Gasteiger partial charge in [0.1, 0.15) is 24.2 Å². The number of carbonyl (C=O) groups is 1. The quantitative estimate of drug-likeness (QED) is 0.583. The van der Waals surface area contributed by atoms with Crippen molar-refractivity contribution in [2.45, 2.75) is 19.6 Å². The number of hydrogen-bond donors (Lipinski definition) is 1. The van der Waals surface area contributed by atoms with Crippen molar-refractivity contribution in [3.05, 3.63) is 87.6 Å². The van der Waals surface area contributed by atoms with E-state index in [0.29, 0.717) is 17.9 Å². The van der Waals surface area contributed by atoms with E-state index in [1.165, 1.54) is 24.3 Å². The van der Waals surface area contributed by atoms with Crippen molar-refractivity contribution < 1.29 is 13.9 Å². The summed E-state index contributed by atoms with van der Waals surface area (Å²) in [5, 5.41) is 14.7. The zero-order valence-electron chi connectivity index (χ0n) is 15.6. The second-order valence-electron chi connectivity index (χ2n) is 6.11. The molecule has 5 nitrogen and oxygen atoms in total. The molecule has 3 aromatic rings. The van der Waals surface area contributed by atoms with Gasteiger partial charge in [-0.25, -0.2) is 9.37 Å². The van der Waals surface area contributed by atoms with E-state index in [-0.39, 0.29) is 5.56 Å². The summed E-state index contributed by atoms with van der Waals surface area (Å²) in [6.07, 6.45) is 2.88. The second kappa shape index (κ2) is 9.62. The van der Waals surface area contributed by atoms with Crippen LogP contribution in [-0.4, -0.2) is 10.9 Å². The Labute approximate surface area is 172 Å². The molecule has 0 saturated heterocycles. The first-order chi connectivity index (χ1) is 14.1. The number of aromatic nitrogens is 1. The number of aryl methyl sites for hydroxylation is 1. The highest BCUT2D eigenvalue weighted by atomic mass is 32.1. The number of rotatable bonds is 7. The molecule has 0 aliphatic heterocycles. The summed E-state index contributed by atoms with van der Waals surface area (Å²) in [7, 11) is 0. The first-order valence-electron chi connectivity index (χ1n) is 8.82. The minimum absolute atomic E-state index is 0.124. The van der Waals surface area contributed by atoms with E-state index in [0.717, 1.165) is 10.7 Å². The number of para-hydroxylation sites is 1. The van der Waals surface area contributed by atoms with Gasteiger partial charge in [-0.15, -0.1) is 11.3 Å². The third-order valence-corrected chi connectivity index (χ3v) is 4.83. The molecule has 1 aromatic heterocycles. The Kier molecular flexibility index (Phi) is 6.72. The van der Waals surface area contributed by atoms with Crippen LogP contribution >= 0.6 is 11.3 Å². The summed E-state index contributed by atoms with van der Waals surface area (Å²) in [4.78, 5) is 16.6. The maximum absolute atomic E-state index is 13.9. The molecule has 7 heteroatoms. The molecule has 3 rings (SSSR count). The zero-order valence-corrected chi connectivity index (χ0v) is 16.4. The number of hydrogen-bond acceptors (Lipinski definition) is 5. The van der Waals surface area contributed by atoms with Crippen LogP contribution in [-0.2, 0) is 11.4 Å². The van der Waals surface area contributed by atoms with Crippen LogP contribution in [0.5, 0.6) is 5.75 Å². The van der Waals surface area contributed by atoms with Gasteiger partial charge in [0, 0.05) is 22.6 Å². The molecular weight excluding hydrogens is 389 g/mol. The van der Waals surface area contributed by atoms with Crippen LogP contribution in [0.2, 0.25) is 0 Å². The molecule has 1 amide bonds. The summed E-state index contributed by atoms with van der Waals surface area (Å²) >= 11 is 1.55. The van der Waals surface area contributed by atoms with Crippen molar-refractivity contribution in [2.24, 2.45) is 0 Å². The summed E-state index contributed by atoms with van der Waals surface area (Å²) < 4.78 is 19.7. The second-order valence-corrected chi connectivity index (χ2v) is 7.17. The summed E-state index contributed by atoms with van der Waals surface area (Å²) in [5.74, 6) is -0.447. The monoisotopic (exact) mass is 407 g/mol. The predicted octanol–water partition coefficient (Wildman–Crippen LogP) is 4.56. The molecule has 0 bridgehead atoms. The van der Waals surface area contributed by atoms with Crippen molar-refractivity contribution >= 4 is 23.3 Å². The lowest BCUT2D eigenvalue weighted by molar-refractivity contribution is -0.116. The molecule has 0 radical (unpaired) electrons. The van der Waals surface area contributed by atoms with Gasteiger partial charge >= 0.3 is 0 Å². The Morgan fingerprint density at radius 1 is 1.31 bits per heavy atom. The first-order valence-corrected chi connectivity index (χ1v) is 9.70. The number of benzene rings is 2. The smallest absolute Gasteiger partial charge is 0.245 e. The van der Waals surface area contributed by atoms with Gasteiger partial charge < -0.3 is 10.1 Å². The molecule has 0 spiro atoms. The maximum atomic E-state index is 13.9. The fourth-order valence-electron chi connectivity index (χ4n) is 2.62. The van der Waals surface area contributed by atoms with Crippen LogP contribution in [0.3, 0.4) is 0 Å². The van der Waals surface area contributed by atoms with Crippen LogP contribution in [0.4, 0.5) is 4.39 Å². The minimum Gasteiger partial charge on any atom is -0.487 e. The number of carbonyl (C=O) groups excluding carboxylic acids is 1. The van der Waals surface area contributed by atoms with E-state index < -0.39 is 17.8 Å². The van der Waals surface area contributed by atoms with Crippen molar-refractivity contribution in [3.8, 4) is 11.8 Å². The third kappa shape index (κ3) is 5.50. The lowest BCUT2D eigenvalue weighted by atomic mass is 10.1. The fourth-order valence-corrected chi connectivity index (χ4v) is 3.22. The molecule has 146 valence electrons. The van der Waals surface area contributed by atoms with Gasteiger partial charge in [0.25, 0.3) is 0 Å². The highest BCUT2D eigenvalue weighted by Gasteiger charge is 2.16. The van der Waals surface area contributed by atoms with Crippen molar-refractivity contribution in [3.63, 3.8) is 0 Å². The number of halogens is 1. The number of nitrogens with one attached hydrogen (secondary N) is 1. The molecule has 2 aromatic carbocycles. The topological polar surface area (TPSA) is 75.0 Å². The maximum Gasteiger partial charge on any atom is 0.245 e. The van der Waals surface area contributed by atoms with E-state index in [1.54, 1.807) is 29.5 Å². The minimum atomic E-state index is -1.08. The largest absolute Gasteiger partial charge is 0.487 e. The van der Waals surface area contributed by atoms with Gasteiger partial charge in [0.15, 0.2) is 0 Å². The predicted molar refractivity (Wildman–Crippen MR) is 110 cm³/mol. The lowest BCUT2D eigenvalue weighted by Crippen LogP contribution is -2.26. The molecule has 0 aliphatic rings. The molecule has 1 heterocycles. The Hall–Kier alpha value is -3.50. The first kappa shape index (κ1) is 20.2. The molecule has 1 N–H and O–H groups in total. The average Bonchev–Trinajstić information content (AvgIpc) is 3.15. The van der Waals surface area contributed by atoms with Gasteiger partial charge in [-0.2, -0.15) is 5.26 Å². The van der Waals surface area contributed by atoms with Crippen molar-refractivity contribution in [1.82, 2.24) is 10.3 Å². The van der Waals surface area contributed by atoms with E-state index >= 15 is 0 Å². The van der Waals surface area contributed by atoms with E-state index in [9.17, 15) is 14.4 Å². The molecule has 29 heavy (non-hydrogen) atoms. The molecular formula is C22H18FN3O2S. The molecule has 1 atom stereocenters. The summed E-state index contributed by atoms with van der Waals surface area (Å²) in [6, 6.07) is 14.0.